The Hall–Kier alpha value is -7.84. The molecule has 0 radical (unpaired) electrons. The van der Waals surface area contributed by atoms with Gasteiger partial charge in [-0.2, -0.15) is 0 Å². The van der Waals surface area contributed by atoms with Gasteiger partial charge in [0.25, 0.3) is 33.7 Å². The number of nitrogens with zero attached hydrogens (tertiary/aromatic N) is 4. The molecule has 436 valence electrons. The first-order valence-electron chi connectivity index (χ1n) is 26.8. The van der Waals surface area contributed by atoms with Gasteiger partial charge in [0, 0.05) is 76.6 Å². The molecule has 0 bridgehead atoms. The highest BCUT2D eigenvalue weighted by atomic mass is 32.2. The molecule has 1 unspecified atom stereocenters. The van der Waals surface area contributed by atoms with Crippen LogP contribution >= 0.6 is 0 Å². The average Bonchev–Trinajstić information content (AvgIpc) is 3.88. The summed E-state index contributed by atoms with van der Waals surface area (Å²) in [6.45, 7) is 5.84. The first-order valence-corrected chi connectivity index (χ1v) is 28.2. The first-order chi connectivity index (χ1) is 38.9. The van der Waals surface area contributed by atoms with Crippen molar-refractivity contribution in [1.82, 2.24) is 34.9 Å². The van der Waals surface area contributed by atoms with Gasteiger partial charge in [0.2, 0.25) is 11.8 Å². The number of benzene rings is 4. The number of hydrogen-bond donors (Lipinski definition) is 4. The quantitative estimate of drug-likeness (QED) is 0.0339. The predicted molar refractivity (Wildman–Crippen MR) is 297 cm³/mol. The highest BCUT2D eigenvalue weighted by Gasteiger charge is 2.46. The van der Waals surface area contributed by atoms with Crippen molar-refractivity contribution in [2.45, 2.75) is 62.8 Å². The van der Waals surface area contributed by atoms with Gasteiger partial charge in [0.15, 0.2) is 12.4 Å². The summed E-state index contributed by atoms with van der Waals surface area (Å²) in [5.74, 6) is -2.09. The summed E-state index contributed by atoms with van der Waals surface area (Å²) in [6.07, 6.45) is 3.52. The number of amides is 6. The Bertz CT molecular complexity index is 3250. The molecule has 1 aromatic heterocycles. The molecule has 0 aliphatic carbocycles. The highest BCUT2D eigenvalue weighted by Crippen LogP contribution is 2.38. The van der Waals surface area contributed by atoms with Crippen LogP contribution in [0, 0.1) is 0 Å². The maximum absolute atomic E-state index is 14.1. The van der Waals surface area contributed by atoms with E-state index >= 15 is 0 Å². The molecule has 4 N–H and O–H groups in total. The van der Waals surface area contributed by atoms with E-state index in [4.69, 9.17) is 33.2 Å². The maximum atomic E-state index is 14.1. The number of rotatable bonds is 33. The van der Waals surface area contributed by atoms with Crippen molar-refractivity contribution in [3.63, 3.8) is 0 Å². The number of aromatic nitrogens is 2. The molecule has 7 rings (SSSR count). The van der Waals surface area contributed by atoms with Crippen LogP contribution in [-0.2, 0) is 52.7 Å². The van der Waals surface area contributed by atoms with Crippen molar-refractivity contribution in [2.24, 2.45) is 14.1 Å². The van der Waals surface area contributed by atoms with Crippen LogP contribution in [0.3, 0.4) is 0 Å². The molecular formula is C56H70N8O16S. The van der Waals surface area contributed by atoms with E-state index in [1.165, 1.54) is 57.7 Å². The SMILES string of the molecule is CCCOc1cc(OCCCCN(C)C)cc(Oc2cc3c(cc2NS(=O)(=O)c2cccc(C(=O)NCCCOCCOCCOCCCNC(=O)COc4cccc5c4C(=O)N(C4CCC(=O)NC4=O)C5=O)c2)n(C)c(=O)n3C)c1. The zero-order valence-electron chi connectivity index (χ0n) is 46.2. The summed E-state index contributed by atoms with van der Waals surface area (Å²) in [4.78, 5) is 91.7. The van der Waals surface area contributed by atoms with E-state index in [0.29, 0.717) is 94.0 Å². The molecule has 81 heavy (non-hydrogen) atoms. The van der Waals surface area contributed by atoms with E-state index in [9.17, 15) is 42.0 Å². The number of piperidine rings is 1. The van der Waals surface area contributed by atoms with Gasteiger partial charge in [0.1, 0.15) is 29.0 Å². The molecule has 25 heteroatoms. The molecule has 24 nitrogen and oxygen atoms in total. The second-order valence-electron chi connectivity index (χ2n) is 19.4. The number of nitrogens with one attached hydrogen (secondary N) is 4. The van der Waals surface area contributed by atoms with E-state index < -0.39 is 58.1 Å². The van der Waals surface area contributed by atoms with E-state index in [-0.39, 0.29) is 70.4 Å². The van der Waals surface area contributed by atoms with Crippen LogP contribution < -0.4 is 45.3 Å². The van der Waals surface area contributed by atoms with Crippen molar-refractivity contribution < 1.29 is 70.3 Å². The van der Waals surface area contributed by atoms with E-state index in [0.717, 1.165) is 30.7 Å². The Morgan fingerprint density at radius 3 is 2.01 bits per heavy atom. The van der Waals surface area contributed by atoms with Crippen LogP contribution in [0.4, 0.5) is 5.69 Å². The number of imide groups is 2. The number of aryl methyl sites for hydroxylation is 2. The molecule has 0 saturated carbocycles. The van der Waals surface area contributed by atoms with Gasteiger partial charge in [-0.25, -0.2) is 13.2 Å². The van der Waals surface area contributed by atoms with Crippen molar-refractivity contribution in [3.8, 4) is 28.7 Å². The van der Waals surface area contributed by atoms with Gasteiger partial charge in [0.05, 0.1) is 72.4 Å². The molecule has 5 aromatic rings. The van der Waals surface area contributed by atoms with Crippen molar-refractivity contribution >= 4 is 62.2 Å². The van der Waals surface area contributed by atoms with Crippen LogP contribution in [0.2, 0.25) is 0 Å². The molecule has 6 amide bonds. The molecular weight excluding hydrogens is 1070 g/mol. The minimum absolute atomic E-state index is 0.00899. The summed E-state index contributed by atoms with van der Waals surface area (Å²) >= 11 is 0. The van der Waals surface area contributed by atoms with Crippen LogP contribution in [0.25, 0.3) is 11.0 Å². The Balaban J connectivity index is 0.790. The number of carbonyl (C=O) groups is 6. The zero-order chi connectivity index (χ0) is 58.1. The van der Waals surface area contributed by atoms with Crippen LogP contribution in [0.5, 0.6) is 28.7 Å². The Morgan fingerprint density at radius 1 is 0.691 bits per heavy atom. The third kappa shape index (κ3) is 16.4. The standard InChI is InChI=1S/C56H70N8O16S/c1-6-22-77-38-31-39(78-25-8-7-21-61(2)3)33-40(32-38)80-48-35-46-45(62(4)56(71)63(46)5)34-43(48)60-81(72,73)41-14-9-13-37(30-41)52(67)58-20-12-24-75-27-29-76-28-26-74-23-11-19-57-50(66)36-79-47-16-10-15-42-51(47)55(70)64(54(42)69)44-17-18-49(65)59-53(44)68/h9-10,13-16,30-35,44,60H,6-8,11-12,17-29,36H2,1-5H3,(H,57,66)(H,58,67)(H,59,65,68). The summed E-state index contributed by atoms with van der Waals surface area (Å²) in [7, 11) is 2.89. The number of sulfonamides is 1. The lowest BCUT2D eigenvalue weighted by molar-refractivity contribution is -0.136. The van der Waals surface area contributed by atoms with Gasteiger partial charge in [-0.05, 0) is 95.6 Å². The van der Waals surface area contributed by atoms with Gasteiger partial charge < -0.3 is 48.7 Å². The number of unbranched alkanes of at least 4 members (excludes halogenated alkanes) is 1. The number of imidazole rings is 1. The largest absolute Gasteiger partial charge is 0.493 e. The fourth-order valence-corrected chi connectivity index (χ4v) is 9.86. The monoisotopic (exact) mass is 1140 g/mol. The third-order valence-corrected chi connectivity index (χ3v) is 14.3. The molecule has 4 aromatic carbocycles. The molecule has 3 heterocycles. The van der Waals surface area contributed by atoms with Crippen molar-refractivity contribution in [2.75, 3.05) is 97.9 Å². The first kappa shape index (κ1) is 60.8. The fourth-order valence-electron chi connectivity index (χ4n) is 8.76. The summed E-state index contributed by atoms with van der Waals surface area (Å²) in [6, 6.07) is 17.2. The van der Waals surface area contributed by atoms with Crippen LogP contribution in [-0.4, -0.2) is 162 Å². The lowest BCUT2D eigenvalue weighted by Crippen LogP contribution is -2.54. The van der Waals surface area contributed by atoms with Gasteiger partial charge in [-0.3, -0.25) is 52.8 Å². The Morgan fingerprint density at radius 2 is 1.33 bits per heavy atom. The molecule has 1 fully saturated rings. The van der Waals surface area contributed by atoms with E-state index in [1.807, 2.05) is 21.0 Å². The highest BCUT2D eigenvalue weighted by molar-refractivity contribution is 7.92. The molecule has 2 aliphatic heterocycles. The van der Waals surface area contributed by atoms with Gasteiger partial charge in [-0.15, -0.1) is 0 Å². The van der Waals surface area contributed by atoms with Crippen molar-refractivity contribution in [3.05, 3.63) is 100.0 Å². The molecule has 1 atom stereocenters. The number of ether oxygens (including phenoxy) is 7. The summed E-state index contributed by atoms with van der Waals surface area (Å²) < 4.78 is 74.4. The Kier molecular flexibility index (Phi) is 21.8. The van der Waals surface area contributed by atoms with Gasteiger partial charge >= 0.3 is 5.69 Å². The second-order valence-corrected chi connectivity index (χ2v) is 21.1. The maximum Gasteiger partial charge on any atom is 0.328 e. The van der Waals surface area contributed by atoms with E-state index in [2.05, 4.69) is 25.6 Å². The second kappa shape index (κ2) is 29.0. The van der Waals surface area contributed by atoms with Crippen molar-refractivity contribution in [1.29, 1.82) is 0 Å². The molecule has 0 spiro atoms. The fraction of sp³-hybridized carbons (Fsp3) is 0.446. The smallest absolute Gasteiger partial charge is 0.328 e. The summed E-state index contributed by atoms with van der Waals surface area (Å²) in [5.41, 5.74) is 0.795. The molecule has 2 aliphatic rings. The average molecular weight is 1140 g/mol. The number of fused-ring (bicyclic) bond motifs is 2. The number of anilines is 1. The predicted octanol–water partition coefficient (Wildman–Crippen LogP) is 4.14. The third-order valence-electron chi connectivity index (χ3n) is 12.9. The number of carbonyl (C=O) groups excluding carboxylic acids is 6. The summed E-state index contributed by atoms with van der Waals surface area (Å²) in [5, 5.41) is 7.65. The zero-order valence-corrected chi connectivity index (χ0v) is 47.0. The van der Waals surface area contributed by atoms with Gasteiger partial charge in [-0.1, -0.05) is 19.1 Å². The minimum atomic E-state index is -4.33. The lowest BCUT2D eigenvalue weighted by Gasteiger charge is -2.27. The van der Waals surface area contributed by atoms with Crippen LogP contribution in [0.1, 0.15) is 82.9 Å². The van der Waals surface area contributed by atoms with E-state index in [1.54, 1.807) is 38.4 Å². The lowest BCUT2D eigenvalue weighted by atomic mass is 10.0. The molecule has 1 saturated heterocycles. The number of hydrogen-bond acceptors (Lipinski definition) is 17. The van der Waals surface area contributed by atoms with Crippen LogP contribution in [0.15, 0.2) is 82.5 Å². The minimum Gasteiger partial charge on any atom is -0.493 e. The topological polar surface area (TPSA) is 283 Å². The Labute approximate surface area is 469 Å². The normalized spacial score (nSPS) is 14.3.